The van der Waals surface area contributed by atoms with Crippen LogP contribution in [0.15, 0.2) is 10.7 Å². The minimum absolute atomic E-state index is 0.0159. The average Bonchev–Trinajstić information content (AvgIpc) is 2.16. The summed E-state index contributed by atoms with van der Waals surface area (Å²) in [5, 5.41) is 10.5. The highest BCUT2D eigenvalue weighted by atomic mass is 79.9. The largest absolute Gasteiger partial charge is 0.326 e. The van der Waals surface area contributed by atoms with Crippen LogP contribution >= 0.6 is 15.9 Å². The second kappa shape index (κ2) is 4.58. The SMILES string of the molecule is NCc1cc([N+](=O)[O-])c(C(F)F)nc1Br. The lowest BCUT2D eigenvalue weighted by Crippen LogP contribution is -2.05. The van der Waals surface area contributed by atoms with Crippen LogP contribution in [0.2, 0.25) is 0 Å². The lowest BCUT2D eigenvalue weighted by Gasteiger charge is -2.05. The molecule has 1 aromatic rings. The van der Waals surface area contributed by atoms with Gasteiger partial charge in [-0.2, -0.15) is 0 Å². The Balaban J connectivity index is 3.39. The fraction of sp³-hybridized carbons (Fsp3) is 0.286. The number of nitrogens with zero attached hydrogens (tertiary/aromatic N) is 2. The van der Waals surface area contributed by atoms with Gasteiger partial charge in [-0.05, 0) is 15.9 Å². The number of nitrogens with two attached hydrogens (primary N) is 1. The van der Waals surface area contributed by atoms with Crippen LogP contribution in [0.4, 0.5) is 14.5 Å². The molecular formula is C7H6BrF2N3O2. The van der Waals surface area contributed by atoms with Crippen molar-refractivity contribution >= 4 is 21.6 Å². The molecule has 15 heavy (non-hydrogen) atoms. The molecule has 8 heteroatoms. The second-order valence-corrected chi connectivity index (χ2v) is 3.36. The highest BCUT2D eigenvalue weighted by molar-refractivity contribution is 9.10. The summed E-state index contributed by atoms with van der Waals surface area (Å²) in [6.07, 6.45) is -2.99. The van der Waals surface area contributed by atoms with E-state index in [1.54, 1.807) is 0 Å². The van der Waals surface area contributed by atoms with Crippen LogP contribution in [0, 0.1) is 10.1 Å². The van der Waals surface area contributed by atoms with Gasteiger partial charge in [0.25, 0.3) is 12.1 Å². The number of rotatable bonds is 3. The summed E-state index contributed by atoms with van der Waals surface area (Å²) < 4.78 is 24.9. The maximum Gasteiger partial charge on any atom is 0.297 e. The molecule has 0 saturated carbocycles. The van der Waals surface area contributed by atoms with Crippen molar-refractivity contribution in [3.8, 4) is 0 Å². The minimum Gasteiger partial charge on any atom is -0.326 e. The van der Waals surface area contributed by atoms with Crippen molar-refractivity contribution in [3.63, 3.8) is 0 Å². The van der Waals surface area contributed by atoms with Gasteiger partial charge in [0.1, 0.15) is 4.60 Å². The molecule has 0 aliphatic carbocycles. The standard InChI is InChI=1S/C7H6BrF2N3O2/c8-6-3(2-11)1-4(13(14)15)5(12-6)7(9)10/h1,7H,2,11H2. The molecule has 0 radical (unpaired) electrons. The molecule has 0 spiro atoms. The molecule has 2 N–H and O–H groups in total. The summed E-state index contributed by atoms with van der Waals surface area (Å²) in [6.45, 7) is -0.0159. The Kier molecular flexibility index (Phi) is 3.64. The third-order valence-electron chi connectivity index (χ3n) is 1.68. The summed E-state index contributed by atoms with van der Waals surface area (Å²) >= 11 is 2.91. The zero-order valence-corrected chi connectivity index (χ0v) is 8.87. The van der Waals surface area contributed by atoms with Gasteiger partial charge in [-0.1, -0.05) is 0 Å². The Hall–Kier alpha value is -1.15. The van der Waals surface area contributed by atoms with Gasteiger partial charge >= 0.3 is 0 Å². The van der Waals surface area contributed by atoms with Crippen molar-refractivity contribution in [2.75, 3.05) is 0 Å². The van der Waals surface area contributed by atoms with Crippen LogP contribution in [0.1, 0.15) is 17.7 Å². The molecule has 0 saturated heterocycles. The van der Waals surface area contributed by atoms with Crippen LogP contribution in [0.5, 0.6) is 0 Å². The summed E-state index contributed by atoms with van der Waals surface area (Å²) in [6, 6.07) is 0.999. The number of hydrogen-bond acceptors (Lipinski definition) is 4. The van der Waals surface area contributed by atoms with Crippen molar-refractivity contribution in [2.45, 2.75) is 13.0 Å². The van der Waals surface area contributed by atoms with E-state index in [-0.39, 0.29) is 11.1 Å². The maximum atomic E-state index is 12.4. The van der Waals surface area contributed by atoms with E-state index in [1.165, 1.54) is 0 Å². The highest BCUT2D eigenvalue weighted by Crippen LogP contribution is 2.30. The number of pyridine rings is 1. The molecule has 82 valence electrons. The quantitative estimate of drug-likeness (QED) is 0.523. The molecular weight excluding hydrogens is 276 g/mol. The molecule has 0 fully saturated rings. The van der Waals surface area contributed by atoms with Gasteiger partial charge in [0.15, 0.2) is 5.69 Å². The van der Waals surface area contributed by atoms with Gasteiger partial charge < -0.3 is 5.73 Å². The lowest BCUT2D eigenvalue weighted by atomic mass is 10.2. The summed E-state index contributed by atoms with van der Waals surface area (Å²) in [4.78, 5) is 13.0. The van der Waals surface area contributed by atoms with E-state index >= 15 is 0 Å². The van der Waals surface area contributed by atoms with Crippen molar-refractivity contribution in [3.05, 3.63) is 32.0 Å². The van der Waals surface area contributed by atoms with Crippen LogP contribution in [0.3, 0.4) is 0 Å². The topological polar surface area (TPSA) is 82.0 Å². The van der Waals surface area contributed by atoms with Crippen molar-refractivity contribution in [1.29, 1.82) is 0 Å². The Morgan fingerprint density at radius 3 is 2.67 bits per heavy atom. The van der Waals surface area contributed by atoms with Crippen LogP contribution in [-0.4, -0.2) is 9.91 Å². The Morgan fingerprint density at radius 1 is 1.67 bits per heavy atom. The third kappa shape index (κ3) is 2.45. The Bertz CT molecular complexity index is 400. The molecule has 0 bridgehead atoms. The van der Waals surface area contributed by atoms with Crippen LogP contribution < -0.4 is 5.73 Å². The highest BCUT2D eigenvalue weighted by Gasteiger charge is 2.25. The minimum atomic E-state index is -2.99. The van der Waals surface area contributed by atoms with E-state index in [4.69, 9.17) is 5.73 Å². The molecule has 5 nitrogen and oxygen atoms in total. The van der Waals surface area contributed by atoms with E-state index in [1.807, 2.05) is 0 Å². The predicted octanol–water partition coefficient (Wildman–Crippen LogP) is 2.15. The van der Waals surface area contributed by atoms with E-state index in [2.05, 4.69) is 20.9 Å². The zero-order valence-electron chi connectivity index (χ0n) is 7.28. The molecule has 0 unspecified atom stereocenters. The normalized spacial score (nSPS) is 10.7. The average molecular weight is 282 g/mol. The number of halogens is 3. The van der Waals surface area contributed by atoms with Gasteiger partial charge in [-0.3, -0.25) is 10.1 Å². The summed E-state index contributed by atoms with van der Waals surface area (Å²) in [5.41, 5.74) is 4.01. The fourth-order valence-electron chi connectivity index (χ4n) is 0.983. The fourth-order valence-corrected chi connectivity index (χ4v) is 1.45. The van der Waals surface area contributed by atoms with E-state index < -0.39 is 22.7 Å². The molecule has 0 atom stereocenters. The number of nitro groups is 1. The second-order valence-electron chi connectivity index (χ2n) is 2.60. The van der Waals surface area contributed by atoms with Gasteiger partial charge in [0.2, 0.25) is 0 Å². The lowest BCUT2D eigenvalue weighted by molar-refractivity contribution is -0.386. The monoisotopic (exact) mass is 281 g/mol. The molecule has 0 aliphatic rings. The molecule has 0 aliphatic heterocycles. The third-order valence-corrected chi connectivity index (χ3v) is 2.37. The molecule has 1 aromatic heterocycles. The van der Waals surface area contributed by atoms with Crippen molar-refractivity contribution in [2.24, 2.45) is 5.73 Å². The van der Waals surface area contributed by atoms with Crippen molar-refractivity contribution < 1.29 is 13.7 Å². The van der Waals surface area contributed by atoms with Crippen molar-refractivity contribution in [1.82, 2.24) is 4.98 Å². The number of alkyl halides is 2. The Morgan fingerprint density at radius 2 is 2.27 bits per heavy atom. The molecule has 1 rings (SSSR count). The molecule has 0 amide bonds. The maximum absolute atomic E-state index is 12.4. The summed E-state index contributed by atoms with van der Waals surface area (Å²) in [7, 11) is 0. The number of hydrogen-bond donors (Lipinski definition) is 1. The predicted molar refractivity (Wildman–Crippen MR) is 51.4 cm³/mol. The zero-order chi connectivity index (χ0) is 11.6. The summed E-state index contributed by atoms with van der Waals surface area (Å²) in [5.74, 6) is 0. The van der Waals surface area contributed by atoms with Crippen LogP contribution in [0.25, 0.3) is 0 Å². The van der Waals surface area contributed by atoms with Gasteiger partial charge in [-0.25, -0.2) is 13.8 Å². The first-order valence-corrected chi connectivity index (χ1v) is 4.58. The van der Waals surface area contributed by atoms with E-state index in [9.17, 15) is 18.9 Å². The van der Waals surface area contributed by atoms with Gasteiger partial charge in [0.05, 0.1) is 4.92 Å². The molecule has 0 aromatic carbocycles. The first-order chi connectivity index (χ1) is 6.97. The number of aromatic nitrogens is 1. The van der Waals surface area contributed by atoms with Gasteiger partial charge in [-0.15, -0.1) is 0 Å². The smallest absolute Gasteiger partial charge is 0.297 e. The van der Waals surface area contributed by atoms with Gasteiger partial charge in [0, 0.05) is 18.2 Å². The molecule has 1 heterocycles. The van der Waals surface area contributed by atoms with Crippen LogP contribution in [-0.2, 0) is 6.54 Å². The van der Waals surface area contributed by atoms with E-state index in [0.717, 1.165) is 6.07 Å². The first-order valence-electron chi connectivity index (χ1n) is 3.79. The first kappa shape index (κ1) is 11.9. The van der Waals surface area contributed by atoms with E-state index in [0.29, 0.717) is 5.56 Å². The Labute approximate surface area is 91.6 Å².